The Morgan fingerprint density at radius 3 is 2.75 bits per heavy atom. The Hall–Kier alpha value is -2.15. The van der Waals surface area contributed by atoms with Gasteiger partial charge in [0.15, 0.2) is 0 Å². The summed E-state index contributed by atoms with van der Waals surface area (Å²) >= 11 is 0. The minimum atomic E-state index is -0.913. The van der Waals surface area contributed by atoms with Gasteiger partial charge in [0, 0.05) is 19.2 Å². The van der Waals surface area contributed by atoms with Crippen LogP contribution in [0.15, 0.2) is 18.2 Å². The Bertz CT molecular complexity index is 556. The minimum Gasteiger partial charge on any atom is -0.490 e. The van der Waals surface area contributed by atoms with E-state index in [9.17, 15) is 20.0 Å². The summed E-state index contributed by atoms with van der Waals surface area (Å²) in [6.45, 7) is 2.28. The van der Waals surface area contributed by atoms with Gasteiger partial charge in [0.25, 0.3) is 5.91 Å². The maximum absolute atomic E-state index is 12.4. The van der Waals surface area contributed by atoms with E-state index in [0.29, 0.717) is 13.0 Å². The summed E-state index contributed by atoms with van der Waals surface area (Å²) in [5, 5.41) is 20.8. The first-order valence-electron chi connectivity index (χ1n) is 6.19. The zero-order chi connectivity index (χ0) is 14.9. The van der Waals surface area contributed by atoms with E-state index < -0.39 is 10.5 Å². The molecule has 1 aliphatic heterocycles. The predicted molar refractivity (Wildman–Crippen MR) is 70.8 cm³/mol. The number of aliphatic hydroxyl groups is 1. The molecule has 0 saturated carbocycles. The molecule has 0 aromatic heterocycles. The van der Waals surface area contributed by atoms with Crippen molar-refractivity contribution in [3.05, 3.63) is 33.9 Å². The number of rotatable bonds is 3. The highest BCUT2D eigenvalue weighted by molar-refractivity contribution is 5.98. The van der Waals surface area contributed by atoms with E-state index in [4.69, 9.17) is 4.74 Å². The molecule has 1 aromatic rings. The quantitative estimate of drug-likeness (QED) is 0.663. The summed E-state index contributed by atoms with van der Waals surface area (Å²) < 4.78 is 5.02. The Kier molecular flexibility index (Phi) is 3.63. The molecule has 1 fully saturated rings. The van der Waals surface area contributed by atoms with Crippen LogP contribution in [0, 0.1) is 10.1 Å². The molecule has 7 nitrogen and oxygen atoms in total. The fourth-order valence-electron chi connectivity index (χ4n) is 2.34. The van der Waals surface area contributed by atoms with Gasteiger partial charge < -0.3 is 14.7 Å². The molecule has 0 aliphatic carbocycles. The maximum Gasteiger partial charge on any atom is 0.311 e. The van der Waals surface area contributed by atoms with E-state index in [1.54, 1.807) is 6.92 Å². The van der Waals surface area contributed by atoms with E-state index in [1.807, 2.05) is 0 Å². The van der Waals surface area contributed by atoms with Gasteiger partial charge >= 0.3 is 5.69 Å². The Balaban J connectivity index is 2.36. The van der Waals surface area contributed by atoms with Crippen LogP contribution < -0.4 is 4.74 Å². The van der Waals surface area contributed by atoms with E-state index in [1.165, 1.54) is 30.2 Å². The summed E-state index contributed by atoms with van der Waals surface area (Å²) in [5.41, 5.74) is -1.02. The number of likely N-dealkylation sites (tertiary alicyclic amines) is 1. The number of methoxy groups -OCH3 is 1. The monoisotopic (exact) mass is 280 g/mol. The molecule has 1 aliphatic rings. The van der Waals surface area contributed by atoms with Gasteiger partial charge in [0.1, 0.15) is 0 Å². The molecular formula is C13H16N2O5. The molecule has 1 N–H and O–H groups in total. The number of hydrogen-bond acceptors (Lipinski definition) is 5. The third-order valence-corrected chi connectivity index (χ3v) is 3.36. The second-order valence-electron chi connectivity index (χ2n) is 5.09. The largest absolute Gasteiger partial charge is 0.490 e. The second-order valence-corrected chi connectivity index (χ2v) is 5.09. The Morgan fingerprint density at radius 2 is 2.25 bits per heavy atom. The predicted octanol–water partition coefficient (Wildman–Crippen LogP) is 1.20. The van der Waals surface area contributed by atoms with Crippen molar-refractivity contribution in [2.75, 3.05) is 20.2 Å². The smallest absolute Gasteiger partial charge is 0.311 e. The maximum atomic E-state index is 12.4. The van der Waals surface area contributed by atoms with Crippen LogP contribution in [0.25, 0.3) is 0 Å². The number of nitrogens with zero attached hydrogens (tertiary/aromatic N) is 2. The zero-order valence-electron chi connectivity index (χ0n) is 11.3. The first kappa shape index (κ1) is 14.3. The second kappa shape index (κ2) is 5.09. The van der Waals surface area contributed by atoms with Crippen LogP contribution >= 0.6 is 0 Å². The zero-order valence-corrected chi connectivity index (χ0v) is 11.3. The number of β-amino-alcohol motifs (C(OH)–C–C–N with tert-alkyl or cyclic N) is 1. The molecule has 1 aromatic carbocycles. The van der Waals surface area contributed by atoms with Crippen LogP contribution in [0.2, 0.25) is 0 Å². The average Bonchev–Trinajstić information content (AvgIpc) is 2.77. The summed E-state index contributed by atoms with van der Waals surface area (Å²) in [5.74, 6) is -0.419. The van der Waals surface area contributed by atoms with E-state index in [-0.39, 0.29) is 29.5 Å². The fourth-order valence-corrected chi connectivity index (χ4v) is 2.34. The van der Waals surface area contributed by atoms with Gasteiger partial charge in [-0.3, -0.25) is 14.9 Å². The van der Waals surface area contributed by atoms with Crippen LogP contribution in [0.1, 0.15) is 23.7 Å². The molecule has 20 heavy (non-hydrogen) atoms. The molecule has 7 heteroatoms. The minimum absolute atomic E-state index is 0.0472. The number of amides is 1. The first-order valence-corrected chi connectivity index (χ1v) is 6.19. The lowest BCUT2D eigenvalue weighted by molar-refractivity contribution is -0.385. The SMILES string of the molecule is COc1c(C(=O)N2CCC(C)(O)C2)cccc1[N+](=O)[O-]. The number of nitro benzene ring substituents is 1. The Labute approximate surface area is 115 Å². The summed E-state index contributed by atoms with van der Waals surface area (Å²) in [7, 11) is 1.29. The van der Waals surface area contributed by atoms with Crippen LogP contribution in [-0.2, 0) is 0 Å². The number of para-hydroxylation sites is 1. The highest BCUT2D eigenvalue weighted by Crippen LogP contribution is 2.32. The summed E-state index contributed by atoms with van der Waals surface area (Å²) in [6, 6.07) is 4.22. The highest BCUT2D eigenvalue weighted by atomic mass is 16.6. The van der Waals surface area contributed by atoms with Crippen molar-refractivity contribution < 1.29 is 19.6 Å². The number of nitro groups is 1. The van der Waals surface area contributed by atoms with Crippen molar-refractivity contribution in [2.24, 2.45) is 0 Å². The molecule has 0 spiro atoms. The van der Waals surface area contributed by atoms with Crippen molar-refractivity contribution >= 4 is 11.6 Å². The Morgan fingerprint density at radius 1 is 1.55 bits per heavy atom. The molecule has 1 atom stereocenters. The fraction of sp³-hybridized carbons (Fsp3) is 0.462. The van der Waals surface area contributed by atoms with Gasteiger partial charge in [0.2, 0.25) is 5.75 Å². The normalized spacial score (nSPS) is 21.9. The van der Waals surface area contributed by atoms with Gasteiger partial charge in [-0.05, 0) is 19.4 Å². The van der Waals surface area contributed by atoms with Crippen molar-refractivity contribution in [3.8, 4) is 5.75 Å². The van der Waals surface area contributed by atoms with Crippen molar-refractivity contribution in [2.45, 2.75) is 18.9 Å². The molecule has 1 amide bonds. The lowest BCUT2D eigenvalue weighted by atomic mass is 10.1. The number of ether oxygens (including phenoxy) is 1. The van der Waals surface area contributed by atoms with Crippen LogP contribution in [-0.4, -0.2) is 46.6 Å². The molecule has 1 unspecified atom stereocenters. The average molecular weight is 280 g/mol. The lowest BCUT2D eigenvalue weighted by Crippen LogP contribution is -2.34. The van der Waals surface area contributed by atoms with Gasteiger partial charge in [-0.25, -0.2) is 0 Å². The standard InChI is InChI=1S/C13H16N2O5/c1-13(17)6-7-14(8-13)12(16)9-4-3-5-10(15(18)19)11(9)20-2/h3-5,17H,6-8H2,1-2H3. The van der Waals surface area contributed by atoms with Gasteiger partial charge in [-0.1, -0.05) is 6.07 Å². The number of carbonyl (C=O) groups is 1. The van der Waals surface area contributed by atoms with Gasteiger partial charge in [0.05, 0.1) is 23.2 Å². The van der Waals surface area contributed by atoms with Crippen molar-refractivity contribution in [1.29, 1.82) is 0 Å². The number of hydrogen-bond donors (Lipinski definition) is 1. The van der Waals surface area contributed by atoms with E-state index in [0.717, 1.165) is 0 Å². The van der Waals surface area contributed by atoms with Crippen LogP contribution in [0.3, 0.4) is 0 Å². The molecule has 1 heterocycles. The molecule has 2 rings (SSSR count). The van der Waals surface area contributed by atoms with Crippen molar-refractivity contribution in [1.82, 2.24) is 4.90 Å². The van der Waals surface area contributed by atoms with Crippen LogP contribution in [0.4, 0.5) is 5.69 Å². The molecule has 0 bridgehead atoms. The summed E-state index contributed by atoms with van der Waals surface area (Å²) in [4.78, 5) is 24.2. The first-order chi connectivity index (χ1) is 9.35. The molecular weight excluding hydrogens is 264 g/mol. The summed E-state index contributed by atoms with van der Waals surface area (Å²) in [6.07, 6.45) is 0.482. The molecule has 108 valence electrons. The highest BCUT2D eigenvalue weighted by Gasteiger charge is 2.36. The van der Waals surface area contributed by atoms with Gasteiger partial charge in [-0.2, -0.15) is 0 Å². The third kappa shape index (κ3) is 2.57. The van der Waals surface area contributed by atoms with E-state index in [2.05, 4.69) is 0 Å². The van der Waals surface area contributed by atoms with E-state index >= 15 is 0 Å². The molecule has 1 saturated heterocycles. The molecule has 0 radical (unpaired) electrons. The number of benzene rings is 1. The topological polar surface area (TPSA) is 92.9 Å². The lowest BCUT2D eigenvalue weighted by Gasteiger charge is -2.20. The number of carbonyl (C=O) groups excluding carboxylic acids is 1. The van der Waals surface area contributed by atoms with Gasteiger partial charge in [-0.15, -0.1) is 0 Å². The third-order valence-electron chi connectivity index (χ3n) is 3.36. The van der Waals surface area contributed by atoms with Crippen LogP contribution in [0.5, 0.6) is 5.75 Å². The van der Waals surface area contributed by atoms with Crippen molar-refractivity contribution in [3.63, 3.8) is 0 Å².